The van der Waals surface area contributed by atoms with E-state index in [1.165, 1.54) is 6.07 Å². The van der Waals surface area contributed by atoms with Gasteiger partial charge in [0.05, 0.1) is 0 Å². The van der Waals surface area contributed by atoms with E-state index in [0.29, 0.717) is 11.6 Å². The molecule has 0 bridgehead atoms. The summed E-state index contributed by atoms with van der Waals surface area (Å²) < 4.78 is 35.1. The molecule has 1 aliphatic heterocycles. The summed E-state index contributed by atoms with van der Waals surface area (Å²) >= 11 is 6.18. The molecule has 5 nitrogen and oxygen atoms in total. The maximum absolute atomic E-state index is 12.1. The Labute approximate surface area is 138 Å². The third-order valence-electron chi connectivity index (χ3n) is 3.08. The lowest BCUT2D eigenvalue weighted by molar-refractivity contribution is 0.217. The fraction of sp³-hybridized carbons (Fsp3) is 0.214. The smallest absolute Gasteiger partial charge is 0.348 e. The second-order valence-electron chi connectivity index (χ2n) is 4.83. The Balaban J connectivity index is 1.89. The predicted octanol–water partition coefficient (Wildman–Crippen LogP) is 3.17. The van der Waals surface area contributed by atoms with Crippen LogP contribution in [0.4, 0.5) is 5.69 Å². The average Bonchev–Trinajstić information content (AvgIpc) is 2.91. The van der Waals surface area contributed by atoms with Gasteiger partial charge >= 0.3 is 10.1 Å². The maximum Gasteiger partial charge on any atom is 0.348 e. The number of thiophene rings is 1. The van der Waals surface area contributed by atoms with E-state index in [9.17, 15) is 8.42 Å². The van der Waals surface area contributed by atoms with Crippen molar-refractivity contribution in [3.8, 4) is 5.75 Å². The first-order valence-electron chi connectivity index (χ1n) is 6.52. The van der Waals surface area contributed by atoms with Gasteiger partial charge in [-0.15, -0.1) is 11.3 Å². The third kappa shape index (κ3) is 3.23. The first-order valence-corrected chi connectivity index (χ1v) is 9.22. The average molecular weight is 355 g/mol. The molecule has 0 saturated carbocycles. The summed E-state index contributed by atoms with van der Waals surface area (Å²) in [4.78, 5) is 0. The summed E-state index contributed by atoms with van der Waals surface area (Å²) in [7, 11) is -3.79. The van der Waals surface area contributed by atoms with E-state index >= 15 is 0 Å². The van der Waals surface area contributed by atoms with Gasteiger partial charge < -0.3 is 14.2 Å². The molecule has 0 spiro atoms. The van der Waals surface area contributed by atoms with Crippen molar-refractivity contribution in [2.45, 2.75) is 23.7 Å². The zero-order valence-corrected chi connectivity index (χ0v) is 14.1. The molecule has 116 valence electrons. The molecule has 0 aliphatic carbocycles. The van der Waals surface area contributed by atoms with Crippen LogP contribution in [-0.2, 0) is 21.3 Å². The van der Waals surface area contributed by atoms with E-state index in [4.69, 9.17) is 21.1 Å². The van der Waals surface area contributed by atoms with Gasteiger partial charge in [-0.2, -0.15) is 8.42 Å². The van der Waals surface area contributed by atoms with Gasteiger partial charge in [0.25, 0.3) is 5.17 Å². The normalized spacial score (nSPS) is 17.9. The summed E-state index contributed by atoms with van der Waals surface area (Å²) in [6.07, 6.45) is 0.518. The third-order valence-corrected chi connectivity index (χ3v) is 5.88. The van der Waals surface area contributed by atoms with Crippen LogP contribution < -0.4 is 9.50 Å². The Morgan fingerprint density at radius 3 is 2.95 bits per heavy atom. The molecule has 0 radical (unpaired) electrons. The number of hydrogen-bond acceptors (Lipinski definition) is 6. The Hall–Kier alpha value is -1.64. The maximum atomic E-state index is 12.1. The monoisotopic (exact) mass is 355 g/mol. The zero-order chi connectivity index (χ0) is 15.7. The molecule has 1 aromatic carbocycles. The minimum atomic E-state index is -3.79. The van der Waals surface area contributed by atoms with Crippen molar-refractivity contribution in [2.24, 2.45) is 0 Å². The number of hydrogen-bond donors (Lipinski definition) is 1. The molecule has 1 unspecified atom stereocenters. The highest BCUT2D eigenvalue weighted by Gasteiger charge is 2.21. The molecular formula is C14H13NO4S3. The van der Waals surface area contributed by atoms with E-state index in [1.54, 1.807) is 29.6 Å². The van der Waals surface area contributed by atoms with Gasteiger partial charge in [0, 0.05) is 12.1 Å². The van der Waals surface area contributed by atoms with E-state index in [1.807, 2.05) is 6.92 Å². The van der Waals surface area contributed by atoms with Gasteiger partial charge in [-0.25, -0.2) is 0 Å². The molecule has 2 aromatic rings. The second-order valence-corrected chi connectivity index (χ2v) is 7.93. The molecule has 3 rings (SSSR count). The molecule has 1 aliphatic rings. The fourth-order valence-corrected chi connectivity index (χ4v) is 4.31. The van der Waals surface area contributed by atoms with E-state index in [2.05, 4.69) is 5.32 Å². The predicted molar refractivity (Wildman–Crippen MR) is 89.0 cm³/mol. The first kappa shape index (κ1) is 15.3. The summed E-state index contributed by atoms with van der Waals surface area (Å²) in [5.41, 5.74) is 1.70. The minimum Gasteiger partial charge on any atom is -0.467 e. The van der Waals surface area contributed by atoms with Gasteiger partial charge in [-0.1, -0.05) is 6.07 Å². The quantitative estimate of drug-likeness (QED) is 0.674. The van der Waals surface area contributed by atoms with Gasteiger partial charge in [-0.3, -0.25) is 0 Å². The van der Waals surface area contributed by atoms with Crippen LogP contribution in [0, 0.1) is 0 Å². The van der Waals surface area contributed by atoms with E-state index in [0.717, 1.165) is 22.6 Å². The molecular weight excluding hydrogens is 342 g/mol. The molecule has 8 heteroatoms. The van der Waals surface area contributed by atoms with Crippen LogP contribution in [0.3, 0.4) is 0 Å². The molecule has 0 amide bonds. The van der Waals surface area contributed by atoms with Crippen LogP contribution in [-0.4, -0.2) is 19.7 Å². The first-order chi connectivity index (χ1) is 10.4. The number of rotatable bonds is 3. The van der Waals surface area contributed by atoms with Crippen LogP contribution in [0.2, 0.25) is 0 Å². The van der Waals surface area contributed by atoms with Crippen molar-refractivity contribution in [1.29, 1.82) is 0 Å². The van der Waals surface area contributed by atoms with Crippen molar-refractivity contribution in [3.63, 3.8) is 0 Å². The van der Waals surface area contributed by atoms with Crippen molar-refractivity contribution < 1.29 is 17.3 Å². The lowest BCUT2D eigenvalue weighted by atomic mass is 10.1. The molecule has 0 fully saturated rings. The Morgan fingerprint density at radius 2 is 2.23 bits per heavy atom. The number of anilines is 1. The lowest BCUT2D eigenvalue weighted by Gasteiger charge is -2.10. The van der Waals surface area contributed by atoms with Crippen LogP contribution in [0.1, 0.15) is 12.5 Å². The van der Waals surface area contributed by atoms with Crippen molar-refractivity contribution in [3.05, 3.63) is 41.3 Å². The molecule has 1 atom stereocenters. The SMILES string of the molecule is CC1Cc2cc(OS(=O)(=O)c3cccs3)ccc2NC(=S)O1. The van der Waals surface area contributed by atoms with Crippen LogP contribution in [0.15, 0.2) is 39.9 Å². The highest BCUT2D eigenvalue weighted by molar-refractivity contribution is 7.89. The largest absolute Gasteiger partial charge is 0.467 e. The van der Waals surface area contributed by atoms with Crippen molar-refractivity contribution in [2.75, 3.05) is 5.32 Å². The Kier molecular flexibility index (Phi) is 4.07. The van der Waals surface area contributed by atoms with Crippen molar-refractivity contribution in [1.82, 2.24) is 0 Å². The number of ether oxygens (including phenoxy) is 1. The summed E-state index contributed by atoms with van der Waals surface area (Å²) in [5.74, 6) is 0.272. The van der Waals surface area contributed by atoms with E-state index in [-0.39, 0.29) is 16.1 Å². The summed E-state index contributed by atoms with van der Waals surface area (Å²) in [5, 5.41) is 4.98. The molecule has 1 N–H and O–H groups in total. The van der Waals surface area contributed by atoms with Gasteiger partial charge in [0.1, 0.15) is 11.9 Å². The lowest BCUT2D eigenvalue weighted by Crippen LogP contribution is -2.16. The number of benzene rings is 1. The highest BCUT2D eigenvalue weighted by atomic mass is 32.3. The van der Waals surface area contributed by atoms with Crippen LogP contribution in [0.5, 0.6) is 5.75 Å². The topological polar surface area (TPSA) is 64.6 Å². The van der Waals surface area contributed by atoms with Gasteiger partial charge in [0.15, 0.2) is 4.21 Å². The standard InChI is InChI=1S/C14H13NO4S3/c1-9-7-10-8-11(4-5-12(10)15-14(20)18-9)19-22(16,17)13-3-2-6-21-13/h2-6,8-9H,7H2,1H3,(H,15,20). The molecule has 0 saturated heterocycles. The van der Waals surface area contributed by atoms with Crippen LogP contribution in [0.25, 0.3) is 0 Å². The van der Waals surface area contributed by atoms with Crippen molar-refractivity contribution >= 4 is 44.5 Å². The Morgan fingerprint density at radius 1 is 1.41 bits per heavy atom. The Bertz CT molecular complexity index is 800. The summed E-state index contributed by atoms with van der Waals surface area (Å²) in [6.45, 7) is 1.90. The number of thiocarbonyl (C=S) groups is 1. The zero-order valence-electron chi connectivity index (χ0n) is 11.6. The highest BCUT2D eigenvalue weighted by Crippen LogP contribution is 2.29. The second kappa shape index (κ2) is 5.86. The molecule has 1 aromatic heterocycles. The molecule has 2 heterocycles. The number of fused-ring (bicyclic) bond motifs is 1. The summed E-state index contributed by atoms with van der Waals surface area (Å²) in [6, 6.07) is 8.21. The molecule has 22 heavy (non-hydrogen) atoms. The fourth-order valence-electron chi connectivity index (χ4n) is 2.16. The van der Waals surface area contributed by atoms with Crippen LogP contribution >= 0.6 is 23.6 Å². The number of nitrogens with one attached hydrogen (secondary N) is 1. The van der Waals surface area contributed by atoms with Gasteiger partial charge in [-0.05, 0) is 54.4 Å². The van der Waals surface area contributed by atoms with E-state index < -0.39 is 10.1 Å². The minimum absolute atomic E-state index is 0.0922. The van der Waals surface area contributed by atoms with Gasteiger partial charge in [0.2, 0.25) is 0 Å².